The van der Waals surface area contributed by atoms with Crippen molar-refractivity contribution in [3.63, 3.8) is 0 Å². The van der Waals surface area contributed by atoms with Gasteiger partial charge in [0.2, 0.25) is 0 Å². The van der Waals surface area contributed by atoms with Gasteiger partial charge in [-0.15, -0.1) is 0 Å². The molecule has 2 aromatic heterocycles. The Morgan fingerprint density at radius 2 is 2.00 bits per heavy atom. The monoisotopic (exact) mass is 209 g/mol. The normalized spacial score (nSPS) is 10.1. The molecule has 0 aliphatic rings. The highest BCUT2D eigenvalue weighted by atomic mass is 35.5. The second-order valence-electron chi connectivity index (χ2n) is 2.58. The molecule has 0 unspecified atom stereocenters. The Morgan fingerprint density at radius 1 is 1.14 bits per heavy atom. The Bertz CT molecular complexity index is 461. The molecule has 70 valence electrons. The Hall–Kier alpha value is -1.55. The van der Waals surface area contributed by atoms with Crippen LogP contribution >= 0.6 is 11.6 Å². The number of hydrogen-bond donors (Lipinski definition) is 0. The van der Waals surface area contributed by atoms with E-state index in [0.29, 0.717) is 11.3 Å². The highest BCUT2D eigenvalue weighted by Gasteiger charge is 2.06. The van der Waals surface area contributed by atoms with E-state index < -0.39 is 5.82 Å². The van der Waals surface area contributed by atoms with Crippen molar-refractivity contribution in [1.29, 1.82) is 0 Å². The molecule has 0 spiro atoms. The molecule has 0 saturated carbocycles. The first-order valence-electron chi connectivity index (χ1n) is 3.85. The van der Waals surface area contributed by atoms with Crippen molar-refractivity contribution in [1.82, 2.24) is 15.0 Å². The van der Waals surface area contributed by atoms with Crippen LogP contribution in [0.2, 0.25) is 5.15 Å². The number of nitrogens with zero attached hydrogens (tertiary/aromatic N) is 3. The van der Waals surface area contributed by atoms with E-state index >= 15 is 0 Å². The summed E-state index contributed by atoms with van der Waals surface area (Å²) >= 11 is 5.64. The van der Waals surface area contributed by atoms with E-state index in [1.54, 1.807) is 0 Å². The average Bonchev–Trinajstić information content (AvgIpc) is 2.18. The lowest BCUT2D eigenvalue weighted by atomic mass is 10.2. The first-order chi connectivity index (χ1) is 6.77. The molecule has 0 aliphatic carbocycles. The van der Waals surface area contributed by atoms with Crippen LogP contribution in [0.25, 0.3) is 11.3 Å². The van der Waals surface area contributed by atoms with Crippen molar-refractivity contribution in [3.05, 3.63) is 41.8 Å². The Balaban J connectivity index is 2.55. The molecule has 0 bridgehead atoms. The van der Waals surface area contributed by atoms with E-state index in [1.165, 1.54) is 24.7 Å². The van der Waals surface area contributed by atoms with Crippen molar-refractivity contribution >= 4 is 11.6 Å². The molecule has 0 radical (unpaired) electrons. The van der Waals surface area contributed by atoms with Crippen LogP contribution in [0.1, 0.15) is 0 Å². The molecule has 2 aromatic rings. The smallest absolute Gasteiger partial charge is 0.150 e. The fraction of sp³-hybridized carbons (Fsp3) is 0. The number of hydrogen-bond acceptors (Lipinski definition) is 3. The van der Waals surface area contributed by atoms with E-state index in [2.05, 4.69) is 15.0 Å². The minimum absolute atomic E-state index is 0.235. The molecular weight excluding hydrogens is 205 g/mol. The third-order valence-corrected chi connectivity index (χ3v) is 1.84. The molecule has 14 heavy (non-hydrogen) atoms. The van der Waals surface area contributed by atoms with E-state index in [1.807, 2.05) is 0 Å². The predicted molar refractivity (Wildman–Crippen MR) is 50.2 cm³/mol. The minimum Gasteiger partial charge on any atom is -0.262 e. The molecule has 0 atom stereocenters. The summed E-state index contributed by atoms with van der Waals surface area (Å²) in [5.74, 6) is -0.441. The largest absolute Gasteiger partial charge is 0.262 e. The van der Waals surface area contributed by atoms with E-state index in [0.717, 1.165) is 6.20 Å². The lowest BCUT2D eigenvalue weighted by Gasteiger charge is -2.00. The zero-order valence-corrected chi connectivity index (χ0v) is 7.74. The molecule has 0 aromatic carbocycles. The van der Waals surface area contributed by atoms with E-state index in [-0.39, 0.29) is 5.15 Å². The van der Waals surface area contributed by atoms with Gasteiger partial charge in [0.05, 0.1) is 24.3 Å². The van der Waals surface area contributed by atoms with Crippen LogP contribution in [0, 0.1) is 5.82 Å². The van der Waals surface area contributed by atoms with E-state index in [9.17, 15) is 4.39 Å². The molecule has 2 heterocycles. The van der Waals surface area contributed by atoms with Crippen LogP contribution in [-0.4, -0.2) is 15.0 Å². The lowest BCUT2D eigenvalue weighted by molar-refractivity contribution is 0.624. The lowest BCUT2D eigenvalue weighted by Crippen LogP contribution is -1.90. The number of rotatable bonds is 1. The van der Waals surface area contributed by atoms with Crippen molar-refractivity contribution < 1.29 is 4.39 Å². The molecule has 0 fully saturated rings. The molecule has 2 rings (SSSR count). The van der Waals surface area contributed by atoms with Crippen molar-refractivity contribution in [2.75, 3.05) is 0 Å². The number of halogens is 2. The van der Waals surface area contributed by atoms with Gasteiger partial charge in [0.25, 0.3) is 0 Å². The van der Waals surface area contributed by atoms with Gasteiger partial charge in [-0.05, 0) is 6.07 Å². The maximum Gasteiger partial charge on any atom is 0.150 e. The van der Waals surface area contributed by atoms with Gasteiger partial charge in [-0.3, -0.25) is 9.97 Å². The van der Waals surface area contributed by atoms with Gasteiger partial charge in [0.15, 0.2) is 5.82 Å². The zero-order chi connectivity index (χ0) is 9.97. The van der Waals surface area contributed by atoms with Crippen LogP contribution in [0.5, 0.6) is 0 Å². The fourth-order valence-corrected chi connectivity index (χ4v) is 1.20. The van der Waals surface area contributed by atoms with Gasteiger partial charge in [0.1, 0.15) is 5.15 Å². The molecule has 0 saturated heterocycles. The predicted octanol–water partition coefficient (Wildman–Crippen LogP) is 2.33. The maximum absolute atomic E-state index is 13.2. The highest BCUT2D eigenvalue weighted by Crippen LogP contribution is 2.19. The van der Waals surface area contributed by atoms with Gasteiger partial charge in [0, 0.05) is 11.8 Å². The summed E-state index contributed by atoms with van der Waals surface area (Å²) in [6.45, 7) is 0. The second-order valence-corrected chi connectivity index (χ2v) is 2.97. The third-order valence-electron chi connectivity index (χ3n) is 1.65. The molecule has 0 N–H and O–H groups in total. The number of pyridine rings is 1. The standard InChI is InChI=1S/C9H5ClFN3/c10-9-5-13-4-8(14-9)6-1-2-12-3-7(6)11/h1-5H. The van der Waals surface area contributed by atoms with Gasteiger partial charge in [-0.2, -0.15) is 0 Å². The van der Waals surface area contributed by atoms with Crippen molar-refractivity contribution in [2.45, 2.75) is 0 Å². The zero-order valence-electron chi connectivity index (χ0n) is 6.98. The maximum atomic E-state index is 13.2. The minimum atomic E-state index is -0.441. The summed E-state index contributed by atoms with van der Waals surface area (Å²) < 4.78 is 13.2. The third kappa shape index (κ3) is 1.70. The van der Waals surface area contributed by atoms with Gasteiger partial charge in [-0.25, -0.2) is 9.37 Å². The van der Waals surface area contributed by atoms with Crippen LogP contribution < -0.4 is 0 Å². The molecule has 0 aliphatic heterocycles. The van der Waals surface area contributed by atoms with Crippen LogP contribution in [0.3, 0.4) is 0 Å². The van der Waals surface area contributed by atoms with Gasteiger partial charge >= 0.3 is 0 Å². The van der Waals surface area contributed by atoms with E-state index in [4.69, 9.17) is 11.6 Å². The summed E-state index contributed by atoms with van der Waals surface area (Å²) in [6, 6.07) is 1.52. The molecular formula is C9H5ClFN3. The first kappa shape index (κ1) is 9.02. The molecule has 5 heteroatoms. The van der Waals surface area contributed by atoms with Crippen molar-refractivity contribution in [3.8, 4) is 11.3 Å². The SMILES string of the molecule is Fc1cnccc1-c1cncc(Cl)n1. The molecule has 3 nitrogen and oxygen atoms in total. The van der Waals surface area contributed by atoms with Crippen LogP contribution in [0.4, 0.5) is 4.39 Å². The first-order valence-corrected chi connectivity index (χ1v) is 4.22. The summed E-state index contributed by atoms with van der Waals surface area (Å²) in [7, 11) is 0. The quantitative estimate of drug-likeness (QED) is 0.724. The Morgan fingerprint density at radius 3 is 2.71 bits per heavy atom. The van der Waals surface area contributed by atoms with Gasteiger partial charge in [-0.1, -0.05) is 11.6 Å². The Labute approximate surface area is 84.6 Å². The summed E-state index contributed by atoms with van der Waals surface area (Å²) in [5.41, 5.74) is 0.743. The van der Waals surface area contributed by atoms with Crippen molar-refractivity contribution in [2.24, 2.45) is 0 Å². The Kier molecular flexibility index (Phi) is 2.37. The average molecular weight is 210 g/mol. The summed E-state index contributed by atoms with van der Waals surface area (Å²) in [4.78, 5) is 11.4. The number of aromatic nitrogens is 3. The van der Waals surface area contributed by atoms with Crippen LogP contribution in [-0.2, 0) is 0 Å². The topological polar surface area (TPSA) is 38.7 Å². The summed E-state index contributed by atoms with van der Waals surface area (Å²) in [6.07, 6.45) is 5.45. The fourth-order valence-electron chi connectivity index (χ4n) is 1.05. The second kappa shape index (κ2) is 3.67. The summed E-state index contributed by atoms with van der Waals surface area (Å²) in [5, 5.41) is 0.235. The molecule has 0 amide bonds. The van der Waals surface area contributed by atoms with Crippen LogP contribution in [0.15, 0.2) is 30.9 Å². The highest BCUT2D eigenvalue weighted by molar-refractivity contribution is 6.29. The van der Waals surface area contributed by atoms with Gasteiger partial charge < -0.3 is 0 Å².